The first kappa shape index (κ1) is 12.3. The molecule has 0 aliphatic rings. The van der Waals surface area contributed by atoms with E-state index in [1.807, 2.05) is 12.1 Å². The molecule has 2 rings (SSSR count). The molecule has 0 aromatic carbocycles. The zero-order valence-corrected chi connectivity index (χ0v) is 11.2. The van der Waals surface area contributed by atoms with Crippen molar-refractivity contribution in [2.45, 2.75) is 32.7 Å². The minimum atomic E-state index is 0.147. The number of rotatable bonds is 4. The van der Waals surface area contributed by atoms with Crippen molar-refractivity contribution in [3.63, 3.8) is 0 Å². The van der Waals surface area contributed by atoms with E-state index in [0.29, 0.717) is 0 Å². The monoisotopic (exact) mass is 251 g/mol. The number of aromatic nitrogens is 2. The maximum absolute atomic E-state index is 5.28. The average molecular weight is 251 g/mol. The van der Waals surface area contributed by atoms with Crippen molar-refractivity contribution < 1.29 is 4.42 Å². The van der Waals surface area contributed by atoms with Crippen LogP contribution < -0.4 is 5.32 Å². The van der Waals surface area contributed by atoms with Crippen LogP contribution >= 0.6 is 11.3 Å². The first-order valence-electron chi connectivity index (χ1n) is 5.66. The summed E-state index contributed by atoms with van der Waals surface area (Å²) in [5, 5.41) is 13.6. The van der Waals surface area contributed by atoms with Crippen LogP contribution in [0.3, 0.4) is 0 Å². The van der Waals surface area contributed by atoms with Crippen LogP contribution in [0.15, 0.2) is 22.8 Å². The van der Waals surface area contributed by atoms with Gasteiger partial charge in [-0.15, -0.1) is 10.2 Å². The van der Waals surface area contributed by atoms with E-state index in [0.717, 1.165) is 28.7 Å². The van der Waals surface area contributed by atoms with Gasteiger partial charge in [-0.2, -0.15) is 0 Å². The third kappa shape index (κ3) is 3.64. The van der Waals surface area contributed by atoms with Gasteiger partial charge < -0.3 is 9.73 Å². The van der Waals surface area contributed by atoms with Crippen LogP contribution in [0.25, 0.3) is 10.8 Å². The zero-order chi connectivity index (χ0) is 12.3. The van der Waals surface area contributed by atoms with Crippen molar-refractivity contribution in [1.82, 2.24) is 15.5 Å². The molecule has 0 aliphatic heterocycles. The second-order valence-electron chi connectivity index (χ2n) is 4.91. The highest BCUT2D eigenvalue weighted by Crippen LogP contribution is 2.23. The van der Waals surface area contributed by atoms with Crippen LogP contribution in [0, 0.1) is 0 Å². The molecule has 2 aromatic heterocycles. The molecular formula is C12H17N3OS. The Hall–Kier alpha value is -1.20. The lowest BCUT2D eigenvalue weighted by Gasteiger charge is -2.19. The molecule has 4 nitrogen and oxygen atoms in total. The van der Waals surface area contributed by atoms with Crippen molar-refractivity contribution >= 4 is 11.3 Å². The molecule has 0 amide bonds. The van der Waals surface area contributed by atoms with E-state index in [-0.39, 0.29) is 5.54 Å². The van der Waals surface area contributed by atoms with E-state index in [1.54, 1.807) is 17.6 Å². The second-order valence-corrected chi connectivity index (χ2v) is 5.97. The SMILES string of the molecule is CC(C)(C)NCCc1nnc(-c2ccco2)s1. The topological polar surface area (TPSA) is 51.0 Å². The highest BCUT2D eigenvalue weighted by atomic mass is 32.1. The Bertz CT molecular complexity index is 456. The van der Waals surface area contributed by atoms with E-state index < -0.39 is 0 Å². The lowest BCUT2D eigenvalue weighted by atomic mass is 10.1. The predicted octanol–water partition coefficient (Wildman–Crippen LogP) is 2.73. The van der Waals surface area contributed by atoms with Gasteiger partial charge in [0.2, 0.25) is 0 Å². The molecule has 0 saturated heterocycles. The minimum Gasteiger partial charge on any atom is -0.462 e. The Morgan fingerprint density at radius 2 is 2.18 bits per heavy atom. The van der Waals surface area contributed by atoms with Crippen LogP contribution in [0.1, 0.15) is 25.8 Å². The lowest BCUT2D eigenvalue weighted by molar-refractivity contribution is 0.429. The molecule has 2 heterocycles. The van der Waals surface area contributed by atoms with E-state index in [1.165, 1.54) is 0 Å². The maximum Gasteiger partial charge on any atom is 0.183 e. The van der Waals surface area contributed by atoms with Gasteiger partial charge in [-0.05, 0) is 32.9 Å². The standard InChI is InChI=1S/C12H17N3OS/c1-12(2,3)13-7-6-10-14-15-11(17-10)9-5-4-8-16-9/h4-5,8,13H,6-7H2,1-3H3. The van der Waals surface area contributed by atoms with Gasteiger partial charge in [-0.1, -0.05) is 11.3 Å². The Balaban J connectivity index is 1.91. The molecule has 2 aromatic rings. The molecule has 0 radical (unpaired) electrons. The summed E-state index contributed by atoms with van der Waals surface area (Å²) < 4.78 is 5.28. The van der Waals surface area contributed by atoms with Crippen molar-refractivity contribution in [3.8, 4) is 10.8 Å². The zero-order valence-electron chi connectivity index (χ0n) is 10.4. The van der Waals surface area contributed by atoms with Crippen LogP contribution in [-0.4, -0.2) is 22.3 Å². The number of nitrogens with one attached hydrogen (secondary N) is 1. The molecule has 92 valence electrons. The molecule has 0 bridgehead atoms. The molecule has 5 heteroatoms. The van der Waals surface area contributed by atoms with Crippen LogP contribution in [0.2, 0.25) is 0 Å². The fourth-order valence-corrected chi connectivity index (χ4v) is 2.21. The van der Waals surface area contributed by atoms with Crippen molar-refractivity contribution in [2.75, 3.05) is 6.54 Å². The predicted molar refractivity (Wildman–Crippen MR) is 69.1 cm³/mol. The second kappa shape index (κ2) is 4.98. The normalized spacial score (nSPS) is 11.9. The molecular weight excluding hydrogens is 234 g/mol. The highest BCUT2D eigenvalue weighted by molar-refractivity contribution is 7.14. The van der Waals surface area contributed by atoms with E-state index in [4.69, 9.17) is 4.42 Å². The summed E-state index contributed by atoms with van der Waals surface area (Å²) >= 11 is 1.59. The van der Waals surface area contributed by atoms with Crippen molar-refractivity contribution in [1.29, 1.82) is 0 Å². The van der Waals surface area contributed by atoms with Gasteiger partial charge in [-0.3, -0.25) is 0 Å². The number of hydrogen-bond donors (Lipinski definition) is 1. The van der Waals surface area contributed by atoms with Gasteiger partial charge in [-0.25, -0.2) is 0 Å². The van der Waals surface area contributed by atoms with E-state index in [2.05, 4.69) is 36.3 Å². The first-order chi connectivity index (χ1) is 8.04. The van der Waals surface area contributed by atoms with E-state index in [9.17, 15) is 0 Å². The van der Waals surface area contributed by atoms with Crippen molar-refractivity contribution in [3.05, 3.63) is 23.4 Å². The molecule has 0 fully saturated rings. The molecule has 17 heavy (non-hydrogen) atoms. The smallest absolute Gasteiger partial charge is 0.183 e. The number of hydrogen-bond acceptors (Lipinski definition) is 5. The third-order valence-corrected chi connectivity index (χ3v) is 3.19. The highest BCUT2D eigenvalue weighted by Gasteiger charge is 2.11. The summed E-state index contributed by atoms with van der Waals surface area (Å²) in [7, 11) is 0. The summed E-state index contributed by atoms with van der Waals surface area (Å²) in [5.74, 6) is 0.789. The summed E-state index contributed by atoms with van der Waals surface area (Å²) in [6, 6.07) is 3.76. The lowest BCUT2D eigenvalue weighted by Crippen LogP contribution is -2.37. The molecule has 0 saturated carbocycles. The minimum absolute atomic E-state index is 0.147. The van der Waals surface area contributed by atoms with Gasteiger partial charge in [0, 0.05) is 18.5 Å². The van der Waals surface area contributed by atoms with Gasteiger partial charge in [0.1, 0.15) is 5.01 Å². The fraction of sp³-hybridized carbons (Fsp3) is 0.500. The molecule has 0 unspecified atom stereocenters. The van der Waals surface area contributed by atoms with Crippen LogP contribution in [-0.2, 0) is 6.42 Å². The number of furan rings is 1. The first-order valence-corrected chi connectivity index (χ1v) is 6.47. The summed E-state index contributed by atoms with van der Waals surface area (Å²) in [6.07, 6.45) is 2.55. The molecule has 1 N–H and O–H groups in total. The Morgan fingerprint density at radius 1 is 1.35 bits per heavy atom. The Morgan fingerprint density at radius 3 is 2.82 bits per heavy atom. The molecule has 0 atom stereocenters. The van der Waals surface area contributed by atoms with Crippen LogP contribution in [0.4, 0.5) is 0 Å². The summed E-state index contributed by atoms with van der Waals surface area (Å²) in [5.41, 5.74) is 0.147. The summed E-state index contributed by atoms with van der Waals surface area (Å²) in [6.45, 7) is 7.38. The van der Waals surface area contributed by atoms with Gasteiger partial charge in [0.05, 0.1) is 6.26 Å². The Labute approximate surface area is 105 Å². The largest absolute Gasteiger partial charge is 0.462 e. The quantitative estimate of drug-likeness (QED) is 0.907. The average Bonchev–Trinajstić information content (AvgIpc) is 2.83. The summed E-state index contributed by atoms with van der Waals surface area (Å²) in [4.78, 5) is 0. The fourth-order valence-electron chi connectivity index (χ4n) is 1.40. The maximum atomic E-state index is 5.28. The van der Waals surface area contributed by atoms with Crippen LogP contribution in [0.5, 0.6) is 0 Å². The molecule has 0 spiro atoms. The van der Waals surface area contributed by atoms with Gasteiger partial charge >= 0.3 is 0 Å². The molecule has 0 aliphatic carbocycles. The van der Waals surface area contributed by atoms with Gasteiger partial charge in [0.15, 0.2) is 10.8 Å². The number of nitrogens with zero attached hydrogens (tertiary/aromatic N) is 2. The third-order valence-electron chi connectivity index (χ3n) is 2.19. The van der Waals surface area contributed by atoms with Gasteiger partial charge in [0.25, 0.3) is 0 Å². The van der Waals surface area contributed by atoms with Crippen molar-refractivity contribution in [2.24, 2.45) is 0 Å². The Kier molecular flexibility index (Phi) is 3.59. The van der Waals surface area contributed by atoms with E-state index >= 15 is 0 Å².